The summed E-state index contributed by atoms with van der Waals surface area (Å²) in [5.74, 6) is 1.94. The van der Waals surface area contributed by atoms with Gasteiger partial charge in [-0.15, -0.1) is 10.2 Å². The summed E-state index contributed by atoms with van der Waals surface area (Å²) in [5, 5.41) is 10.2. The zero-order chi connectivity index (χ0) is 34.5. The van der Waals surface area contributed by atoms with Crippen molar-refractivity contribution in [3.8, 4) is 11.1 Å². The Labute approximate surface area is 290 Å². The first kappa shape index (κ1) is 34.7. The molecule has 0 fully saturated rings. The van der Waals surface area contributed by atoms with Crippen LogP contribution in [0.3, 0.4) is 0 Å². The maximum absolute atomic E-state index is 13.6. The number of hydrogen-bond acceptors (Lipinski definition) is 7. The van der Waals surface area contributed by atoms with E-state index in [4.69, 9.17) is 10.2 Å². The standard InChI is InChI=1S/C38H43F2N7OS/c1-26(45(4)21-20-44(2)3)36-43-42-35(47(36)23-28-10-16-31(17-11-28)30-14-8-27(22-39)9-15-30)24-46-34-7-5-6-33(34)37(48)41-38(46)49-25-29-12-18-32(40)19-13-29/h8-19,26H,5-7,20-25H2,1-4H3. The van der Waals surface area contributed by atoms with Crippen LogP contribution in [0.2, 0.25) is 0 Å². The first-order chi connectivity index (χ1) is 23.7. The van der Waals surface area contributed by atoms with Crippen LogP contribution in [0.25, 0.3) is 11.1 Å². The highest BCUT2D eigenvalue weighted by Gasteiger charge is 2.26. The number of nitrogens with zero attached hydrogens (tertiary/aromatic N) is 7. The van der Waals surface area contributed by atoms with Gasteiger partial charge in [0.05, 0.1) is 19.1 Å². The van der Waals surface area contributed by atoms with Gasteiger partial charge in [0.2, 0.25) is 0 Å². The summed E-state index contributed by atoms with van der Waals surface area (Å²) in [5.41, 5.74) is 6.45. The van der Waals surface area contributed by atoms with E-state index in [-0.39, 0.29) is 17.4 Å². The molecule has 6 rings (SSSR count). The van der Waals surface area contributed by atoms with Crippen LogP contribution in [0.4, 0.5) is 8.78 Å². The molecule has 5 aromatic rings. The first-order valence-electron chi connectivity index (χ1n) is 16.7. The predicted octanol–water partition coefficient (Wildman–Crippen LogP) is 6.54. The van der Waals surface area contributed by atoms with Crippen LogP contribution >= 0.6 is 11.8 Å². The van der Waals surface area contributed by atoms with E-state index in [1.807, 2.05) is 24.3 Å². The summed E-state index contributed by atoms with van der Waals surface area (Å²) in [6, 6.07) is 22.4. The first-order valence-corrected chi connectivity index (χ1v) is 17.7. The van der Waals surface area contributed by atoms with Crippen molar-refractivity contribution in [2.24, 2.45) is 0 Å². The maximum Gasteiger partial charge on any atom is 0.277 e. The molecule has 8 nitrogen and oxygen atoms in total. The van der Waals surface area contributed by atoms with Crippen molar-refractivity contribution < 1.29 is 8.78 Å². The van der Waals surface area contributed by atoms with Crippen molar-refractivity contribution in [3.63, 3.8) is 0 Å². The molecule has 1 unspecified atom stereocenters. The summed E-state index contributed by atoms with van der Waals surface area (Å²) in [6.07, 6.45) is 2.43. The lowest BCUT2D eigenvalue weighted by molar-refractivity contribution is 0.220. The number of aromatic nitrogens is 5. The summed E-state index contributed by atoms with van der Waals surface area (Å²) in [7, 11) is 6.25. The molecule has 0 aliphatic heterocycles. The van der Waals surface area contributed by atoms with Crippen LogP contribution in [0.1, 0.15) is 59.0 Å². The highest BCUT2D eigenvalue weighted by Crippen LogP contribution is 2.29. The minimum atomic E-state index is -0.474. The highest BCUT2D eigenvalue weighted by atomic mass is 32.2. The Morgan fingerprint density at radius 1 is 0.816 bits per heavy atom. The fraction of sp³-hybridized carbons (Fsp3) is 0.368. The van der Waals surface area contributed by atoms with E-state index in [2.05, 4.69) is 76.3 Å². The highest BCUT2D eigenvalue weighted by molar-refractivity contribution is 7.98. The quantitative estimate of drug-likeness (QED) is 0.0973. The third-order valence-corrected chi connectivity index (χ3v) is 10.4. The number of alkyl halides is 1. The SMILES string of the molecule is CC(c1nnc(Cn2c(SCc3ccc(F)cc3)nc(=O)c3c2CCC3)n1Cc1ccc(-c2ccc(CF)cc2)cc1)N(C)CCN(C)C. The lowest BCUT2D eigenvalue weighted by atomic mass is 10.0. The van der Waals surface area contributed by atoms with Gasteiger partial charge in [0.1, 0.15) is 18.3 Å². The van der Waals surface area contributed by atoms with Crippen molar-refractivity contribution >= 4 is 11.8 Å². The fourth-order valence-corrected chi connectivity index (χ4v) is 7.16. The van der Waals surface area contributed by atoms with Crippen LogP contribution in [0.5, 0.6) is 0 Å². The van der Waals surface area contributed by atoms with Crippen LogP contribution in [-0.2, 0) is 38.4 Å². The Hall–Kier alpha value is -4.19. The molecule has 11 heteroatoms. The molecule has 1 aliphatic carbocycles. The third-order valence-electron chi connectivity index (χ3n) is 9.31. The lowest BCUT2D eigenvalue weighted by Gasteiger charge is -2.26. The Bertz CT molecular complexity index is 1920. The molecule has 1 atom stereocenters. The number of rotatable bonds is 14. The topological polar surface area (TPSA) is 72.1 Å². The van der Waals surface area contributed by atoms with Gasteiger partial charge in [0, 0.05) is 30.1 Å². The molecule has 0 saturated carbocycles. The van der Waals surface area contributed by atoms with Crippen LogP contribution in [0, 0.1) is 5.82 Å². The van der Waals surface area contributed by atoms with E-state index < -0.39 is 6.67 Å². The minimum Gasteiger partial charge on any atom is -0.316 e. The van der Waals surface area contributed by atoms with E-state index in [0.717, 1.165) is 77.5 Å². The number of likely N-dealkylation sites (N-methyl/N-ethyl adjacent to an activating group) is 2. The van der Waals surface area contributed by atoms with Gasteiger partial charge in [-0.05, 0) is 87.3 Å². The Balaban J connectivity index is 1.34. The normalized spacial score (nSPS) is 13.4. The van der Waals surface area contributed by atoms with Gasteiger partial charge in [-0.3, -0.25) is 9.69 Å². The number of benzene rings is 3. The lowest BCUT2D eigenvalue weighted by Crippen LogP contribution is -2.32. The number of thioether (sulfide) groups is 1. The van der Waals surface area contributed by atoms with E-state index in [9.17, 15) is 13.6 Å². The number of fused-ring (bicyclic) bond motifs is 1. The van der Waals surface area contributed by atoms with Gasteiger partial charge in [0.25, 0.3) is 5.56 Å². The molecule has 0 saturated heterocycles. The molecular formula is C38H43F2N7OS. The number of hydrogen-bond donors (Lipinski definition) is 0. The zero-order valence-corrected chi connectivity index (χ0v) is 29.4. The van der Waals surface area contributed by atoms with Crippen molar-refractivity contribution in [1.29, 1.82) is 0 Å². The molecular weight excluding hydrogens is 641 g/mol. The van der Waals surface area contributed by atoms with E-state index in [1.54, 1.807) is 12.1 Å². The Morgan fingerprint density at radius 3 is 2.12 bits per heavy atom. The predicted molar refractivity (Wildman–Crippen MR) is 191 cm³/mol. The van der Waals surface area contributed by atoms with E-state index in [0.29, 0.717) is 29.6 Å². The molecule has 3 aromatic carbocycles. The third kappa shape index (κ3) is 8.17. The summed E-state index contributed by atoms with van der Waals surface area (Å²) >= 11 is 1.48. The van der Waals surface area contributed by atoms with Crippen molar-refractivity contribution in [2.45, 2.75) is 62.9 Å². The molecule has 2 heterocycles. The Morgan fingerprint density at radius 2 is 1.47 bits per heavy atom. The maximum atomic E-state index is 13.6. The van der Waals surface area contributed by atoms with Crippen molar-refractivity contribution in [1.82, 2.24) is 34.1 Å². The van der Waals surface area contributed by atoms with Crippen molar-refractivity contribution in [2.75, 3.05) is 34.2 Å². The van der Waals surface area contributed by atoms with Gasteiger partial charge in [-0.2, -0.15) is 4.98 Å². The molecule has 0 bridgehead atoms. The molecule has 0 N–H and O–H groups in total. The Kier molecular flexibility index (Phi) is 11.0. The van der Waals surface area contributed by atoms with Gasteiger partial charge in [-0.1, -0.05) is 72.4 Å². The molecule has 0 radical (unpaired) electrons. The summed E-state index contributed by atoms with van der Waals surface area (Å²) in [6.45, 7) is 4.46. The van der Waals surface area contributed by atoms with Gasteiger partial charge in [0.15, 0.2) is 11.0 Å². The molecule has 0 amide bonds. The second-order valence-corrected chi connectivity index (χ2v) is 14.0. The smallest absolute Gasteiger partial charge is 0.277 e. The number of halogens is 2. The van der Waals surface area contributed by atoms with Crippen molar-refractivity contribution in [3.05, 3.63) is 129 Å². The second-order valence-electron chi connectivity index (χ2n) is 13.0. The monoisotopic (exact) mass is 683 g/mol. The summed E-state index contributed by atoms with van der Waals surface area (Å²) < 4.78 is 31.0. The van der Waals surface area contributed by atoms with Crippen LogP contribution < -0.4 is 5.56 Å². The molecule has 49 heavy (non-hydrogen) atoms. The molecule has 256 valence electrons. The minimum absolute atomic E-state index is 0.000304. The van der Waals surface area contributed by atoms with Crippen LogP contribution in [-0.4, -0.2) is 68.3 Å². The molecule has 2 aromatic heterocycles. The van der Waals surface area contributed by atoms with Crippen LogP contribution in [0.15, 0.2) is 82.7 Å². The summed E-state index contributed by atoms with van der Waals surface area (Å²) in [4.78, 5) is 22.1. The second kappa shape index (κ2) is 15.6. The average Bonchev–Trinajstić information content (AvgIpc) is 3.76. The van der Waals surface area contributed by atoms with E-state index in [1.165, 1.54) is 23.9 Å². The molecule has 0 spiro atoms. The van der Waals surface area contributed by atoms with E-state index >= 15 is 0 Å². The largest absolute Gasteiger partial charge is 0.316 e. The average molecular weight is 684 g/mol. The molecule has 1 aliphatic rings. The van der Waals surface area contributed by atoms with Gasteiger partial charge >= 0.3 is 0 Å². The fourth-order valence-electron chi connectivity index (χ4n) is 6.20. The zero-order valence-electron chi connectivity index (χ0n) is 28.6. The van der Waals surface area contributed by atoms with Gasteiger partial charge < -0.3 is 14.0 Å². The van der Waals surface area contributed by atoms with Gasteiger partial charge in [-0.25, -0.2) is 8.78 Å².